The van der Waals surface area contributed by atoms with E-state index >= 15 is 0 Å². The van der Waals surface area contributed by atoms with Gasteiger partial charge in [-0.2, -0.15) is 28.8 Å². The van der Waals surface area contributed by atoms with Crippen molar-refractivity contribution in [1.29, 1.82) is 10.5 Å². The number of anilines is 1. The molecule has 0 bridgehead atoms. The number of carbonyl (C=O) groups excluding carboxylic acids is 1. The maximum Gasteiger partial charge on any atom is 0.490 e. The quantitative estimate of drug-likeness (QED) is 0.252. The van der Waals surface area contributed by atoms with Crippen LogP contribution in [0.3, 0.4) is 0 Å². The van der Waals surface area contributed by atoms with Crippen LogP contribution in [-0.2, 0) is 4.79 Å². The molecule has 5 aromatic rings. The molecule has 1 unspecified atom stereocenters. The fourth-order valence-corrected chi connectivity index (χ4v) is 3.90. The van der Waals surface area contributed by atoms with E-state index in [1.54, 1.807) is 59.5 Å². The van der Waals surface area contributed by atoms with Gasteiger partial charge in [0.25, 0.3) is 5.91 Å². The van der Waals surface area contributed by atoms with Crippen LogP contribution in [0.5, 0.6) is 0 Å². The number of nitrogens with zero attached hydrogens (tertiary/aromatic N) is 6. The molecule has 0 aliphatic heterocycles. The first-order valence-corrected chi connectivity index (χ1v) is 12.0. The lowest BCUT2D eigenvalue weighted by Gasteiger charge is -2.16. The summed E-state index contributed by atoms with van der Waals surface area (Å²) in [6.07, 6.45) is 1.94. The molecule has 1 amide bonds. The van der Waals surface area contributed by atoms with Crippen LogP contribution in [0.15, 0.2) is 79.5 Å². The molecule has 2 aromatic carbocycles. The Hall–Kier alpha value is -6.02. The Bertz CT molecular complexity index is 1810. The Morgan fingerprint density at radius 3 is 2.50 bits per heavy atom. The number of hydrogen-bond acceptors (Lipinski definition) is 7. The van der Waals surface area contributed by atoms with E-state index in [4.69, 9.17) is 15.2 Å². The largest absolute Gasteiger partial charge is 0.490 e. The number of nitrogens with one attached hydrogen (secondary N) is 2. The highest BCUT2D eigenvalue weighted by molar-refractivity contribution is 6.04. The van der Waals surface area contributed by atoms with Gasteiger partial charge in [0.05, 0.1) is 42.1 Å². The molecule has 0 fully saturated rings. The molecule has 0 aliphatic carbocycles. The number of aliphatic carboxylic acids is 1. The summed E-state index contributed by atoms with van der Waals surface area (Å²) in [5.41, 5.74) is 4.61. The number of rotatable bonds is 6. The summed E-state index contributed by atoms with van der Waals surface area (Å²) >= 11 is 0. The van der Waals surface area contributed by atoms with Crippen molar-refractivity contribution in [2.24, 2.45) is 0 Å². The summed E-state index contributed by atoms with van der Waals surface area (Å²) in [6, 6.07) is 19.6. The van der Waals surface area contributed by atoms with E-state index in [9.17, 15) is 23.2 Å². The van der Waals surface area contributed by atoms with Crippen molar-refractivity contribution in [3.63, 3.8) is 0 Å². The van der Waals surface area contributed by atoms with Crippen LogP contribution in [0, 0.1) is 22.7 Å². The zero-order valence-electron chi connectivity index (χ0n) is 21.4. The van der Waals surface area contributed by atoms with Gasteiger partial charge < -0.3 is 15.4 Å². The molecule has 3 aromatic heterocycles. The summed E-state index contributed by atoms with van der Waals surface area (Å²) in [6.45, 7) is 0. The Balaban J connectivity index is 0.000000517. The summed E-state index contributed by atoms with van der Waals surface area (Å²) in [4.78, 5) is 33.4. The van der Waals surface area contributed by atoms with Gasteiger partial charge in [-0.15, -0.1) is 0 Å². The second kappa shape index (κ2) is 12.4. The predicted octanol–water partition coefficient (Wildman–Crippen LogP) is 5.08. The van der Waals surface area contributed by atoms with Crippen molar-refractivity contribution in [1.82, 2.24) is 24.7 Å². The molecule has 42 heavy (non-hydrogen) atoms. The van der Waals surface area contributed by atoms with Gasteiger partial charge >= 0.3 is 12.1 Å². The first kappa shape index (κ1) is 29.0. The van der Waals surface area contributed by atoms with E-state index in [2.05, 4.69) is 37.5 Å². The van der Waals surface area contributed by atoms with E-state index in [1.165, 1.54) is 6.33 Å². The van der Waals surface area contributed by atoms with Gasteiger partial charge in [0, 0.05) is 34.6 Å². The van der Waals surface area contributed by atoms with E-state index in [1.807, 2.05) is 18.3 Å². The van der Waals surface area contributed by atoms with Crippen LogP contribution in [0.4, 0.5) is 18.9 Å². The number of carbonyl (C=O) groups is 2. The van der Waals surface area contributed by atoms with Crippen LogP contribution in [0.1, 0.15) is 33.9 Å². The van der Waals surface area contributed by atoms with Gasteiger partial charge in [0.15, 0.2) is 0 Å². The smallest absolute Gasteiger partial charge is 0.475 e. The normalized spacial score (nSPS) is 11.5. The standard InChI is InChI=1S/C26H18N8O.C2HF3O2/c27-10-8-23(34-15-20(14-32-34)24-22-9-11-29-25(22)31-16-30-24)18-2-1-3-19(12-18)26(35)33-21-6-4-17(13-28)5-7-21;3-2(4,5)1(6)7/h1-7,9,11-12,14-16,23H,8H2,(H,33,35)(H,29,30,31);(H,6,7). The lowest BCUT2D eigenvalue weighted by atomic mass is 10.0. The number of aromatic amines is 1. The number of nitriles is 2. The van der Waals surface area contributed by atoms with Gasteiger partial charge in [-0.1, -0.05) is 12.1 Å². The van der Waals surface area contributed by atoms with Crippen molar-refractivity contribution >= 4 is 28.6 Å². The minimum absolute atomic E-state index is 0.172. The maximum absolute atomic E-state index is 12.8. The second-order valence-corrected chi connectivity index (χ2v) is 8.62. The molecule has 0 saturated carbocycles. The zero-order chi connectivity index (χ0) is 30.3. The minimum atomic E-state index is -5.08. The molecule has 11 nitrogen and oxygen atoms in total. The Kier molecular flexibility index (Phi) is 8.58. The Morgan fingerprint density at radius 2 is 1.83 bits per heavy atom. The third kappa shape index (κ3) is 6.75. The van der Waals surface area contributed by atoms with Crippen LogP contribution >= 0.6 is 0 Å². The molecule has 210 valence electrons. The van der Waals surface area contributed by atoms with Gasteiger partial charge in [-0.25, -0.2) is 14.8 Å². The molecule has 14 heteroatoms. The first-order valence-electron chi connectivity index (χ1n) is 12.0. The number of benzene rings is 2. The Morgan fingerprint density at radius 1 is 1.10 bits per heavy atom. The van der Waals surface area contributed by atoms with E-state index < -0.39 is 12.1 Å². The SMILES string of the molecule is N#CCC(c1cccc(C(=O)Nc2ccc(C#N)cc2)c1)n1cc(-c2ncnc3[nH]ccc23)cn1.O=C(O)C(F)(F)F. The fourth-order valence-electron chi connectivity index (χ4n) is 3.90. The van der Waals surface area contributed by atoms with Crippen LogP contribution < -0.4 is 5.32 Å². The minimum Gasteiger partial charge on any atom is -0.475 e. The fraction of sp³-hybridized carbons (Fsp3) is 0.107. The average Bonchev–Trinajstić information content (AvgIpc) is 3.66. The van der Waals surface area contributed by atoms with Crippen molar-refractivity contribution in [3.8, 4) is 23.4 Å². The van der Waals surface area contributed by atoms with E-state index in [-0.39, 0.29) is 18.4 Å². The van der Waals surface area contributed by atoms with Gasteiger partial charge in [-0.3, -0.25) is 9.48 Å². The Labute approximate surface area is 235 Å². The lowest BCUT2D eigenvalue weighted by Crippen LogP contribution is -2.21. The number of fused-ring (bicyclic) bond motifs is 1. The zero-order valence-corrected chi connectivity index (χ0v) is 21.4. The molecule has 5 rings (SSSR count). The monoisotopic (exact) mass is 572 g/mol. The number of hydrogen-bond donors (Lipinski definition) is 3. The molecular formula is C28H19F3N8O3. The molecule has 3 N–H and O–H groups in total. The highest BCUT2D eigenvalue weighted by Gasteiger charge is 2.38. The van der Waals surface area contributed by atoms with Crippen molar-refractivity contribution in [2.75, 3.05) is 5.32 Å². The van der Waals surface area contributed by atoms with Crippen molar-refractivity contribution in [3.05, 3.63) is 96.2 Å². The van der Waals surface area contributed by atoms with Crippen LogP contribution in [-0.4, -0.2) is 47.9 Å². The highest BCUT2D eigenvalue weighted by Crippen LogP contribution is 2.28. The summed E-state index contributed by atoms with van der Waals surface area (Å²) in [7, 11) is 0. The second-order valence-electron chi connectivity index (χ2n) is 8.62. The number of aromatic nitrogens is 5. The topological polar surface area (TPSA) is 173 Å². The molecular weight excluding hydrogens is 553 g/mol. The van der Waals surface area contributed by atoms with Gasteiger partial charge in [-0.05, 0) is 48.0 Å². The maximum atomic E-state index is 12.8. The van der Waals surface area contributed by atoms with Crippen LogP contribution in [0.2, 0.25) is 0 Å². The van der Waals surface area contributed by atoms with Gasteiger partial charge in [0.1, 0.15) is 12.0 Å². The predicted molar refractivity (Wildman–Crippen MR) is 143 cm³/mol. The number of H-pyrrole nitrogens is 1. The average molecular weight is 573 g/mol. The number of alkyl halides is 3. The summed E-state index contributed by atoms with van der Waals surface area (Å²) in [5.74, 6) is -3.04. The number of carboxylic acids is 1. The lowest BCUT2D eigenvalue weighted by molar-refractivity contribution is -0.192. The third-order valence-electron chi connectivity index (χ3n) is 5.88. The molecule has 0 aliphatic rings. The van der Waals surface area contributed by atoms with Crippen molar-refractivity contribution in [2.45, 2.75) is 18.6 Å². The molecule has 1 atom stereocenters. The number of amides is 1. The number of carboxylic acid groups (broad SMARTS) is 1. The molecule has 0 spiro atoms. The van der Waals surface area contributed by atoms with E-state index in [0.29, 0.717) is 16.8 Å². The summed E-state index contributed by atoms with van der Waals surface area (Å²) < 4.78 is 33.5. The van der Waals surface area contributed by atoms with Crippen LogP contribution in [0.25, 0.3) is 22.3 Å². The first-order chi connectivity index (χ1) is 20.1. The highest BCUT2D eigenvalue weighted by atomic mass is 19.4. The summed E-state index contributed by atoms with van der Waals surface area (Å²) in [5, 5.41) is 33.8. The third-order valence-corrected chi connectivity index (χ3v) is 5.88. The van der Waals surface area contributed by atoms with Crippen molar-refractivity contribution < 1.29 is 27.9 Å². The van der Waals surface area contributed by atoms with E-state index in [0.717, 1.165) is 27.9 Å². The van der Waals surface area contributed by atoms with Gasteiger partial charge in [0.2, 0.25) is 0 Å². The molecule has 0 radical (unpaired) electrons. The number of halogens is 3. The molecule has 0 saturated heterocycles. The molecule has 3 heterocycles.